The van der Waals surface area contributed by atoms with Crippen molar-refractivity contribution >= 4 is 23.3 Å². The second kappa shape index (κ2) is 8.28. The van der Waals surface area contributed by atoms with E-state index >= 15 is 0 Å². The average molecular weight is 338 g/mol. The van der Waals surface area contributed by atoms with Crippen LogP contribution in [0.1, 0.15) is 12.8 Å². The number of hydrogen-bond donors (Lipinski definition) is 2. The first kappa shape index (κ1) is 17.0. The maximum absolute atomic E-state index is 11.9. The van der Waals surface area contributed by atoms with E-state index in [-0.39, 0.29) is 0 Å². The first-order chi connectivity index (χ1) is 12.2. The number of pyridine rings is 1. The van der Waals surface area contributed by atoms with Crippen molar-refractivity contribution in [3.8, 4) is 0 Å². The first-order valence-corrected chi connectivity index (χ1v) is 8.52. The molecule has 3 rings (SSSR count). The predicted octanol–water partition coefficient (Wildman–Crippen LogP) is 2.05. The van der Waals surface area contributed by atoms with Crippen molar-refractivity contribution in [1.82, 2.24) is 10.3 Å². The molecule has 6 nitrogen and oxygen atoms in total. The molecule has 2 aromatic rings. The molecule has 2 amide bonds. The third-order valence-electron chi connectivity index (χ3n) is 4.38. The van der Waals surface area contributed by atoms with Crippen molar-refractivity contribution in [2.24, 2.45) is 5.92 Å². The number of carbonyl (C=O) groups is 2. The summed E-state index contributed by atoms with van der Waals surface area (Å²) in [5.41, 5.74) is 0.617. The van der Waals surface area contributed by atoms with Crippen LogP contribution in [0.4, 0.5) is 11.5 Å². The highest BCUT2D eigenvalue weighted by Gasteiger charge is 2.21. The van der Waals surface area contributed by atoms with Crippen LogP contribution in [0.3, 0.4) is 0 Å². The highest BCUT2D eigenvalue weighted by Crippen LogP contribution is 2.20. The van der Waals surface area contributed by atoms with E-state index in [9.17, 15) is 9.59 Å². The molecule has 2 N–H and O–H groups in total. The monoisotopic (exact) mass is 338 g/mol. The van der Waals surface area contributed by atoms with E-state index in [1.165, 1.54) is 0 Å². The minimum Gasteiger partial charge on any atom is -0.357 e. The molecule has 0 radical (unpaired) electrons. The van der Waals surface area contributed by atoms with Gasteiger partial charge in [0, 0.05) is 31.5 Å². The molecule has 0 saturated carbocycles. The third-order valence-corrected chi connectivity index (χ3v) is 4.38. The van der Waals surface area contributed by atoms with Gasteiger partial charge in [-0.25, -0.2) is 4.98 Å². The van der Waals surface area contributed by atoms with E-state index in [0.717, 1.165) is 31.7 Å². The third kappa shape index (κ3) is 4.79. The zero-order valence-corrected chi connectivity index (χ0v) is 14.0. The largest absolute Gasteiger partial charge is 0.357 e. The molecule has 1 fully saturated rings. The second-order valence-corrected chi connectivity index (χ2v) is 6.15. The smallest absolute Gasteiger partial charge is 0.313 e. The number of aromatic nitrogens is 1. The van der Waals surface area contributed by atoms with E-state index < -0.39 is 11.8 Å². The van der Waals surface area contributed by atoms with Crippen LogP contribution in [-0.4, -0.2) is 36.4 Å². The van der Waals surface area contributed by atoms with Crippen LogP contribution in [-0.2, 0) is 9.59 Å². The lowest BCUT2D eigenvalue weighted by Gasteiger charge is -2.32. The molecule has 1 aromatic carbocycles. The van der Waals surface area contributed by atoms with Crippen molar-refractivity contribution < 1.29 is 9.59 Å². The van der Waals surface area contributed by atoms with Gasteiger partial charge in [-0.05, 0) is 43.0 Å². The molecule has 1 aliphatic heterocycles. The van der Waals surface area contributed by atoms with Crippen molar-refractivity contribution in [2.75, 3.05) is 29.9 Å². The number of piperidine rings is 1. The van der Waals surface area contributed by atoms with E-state index in [1.807, 2.05) is 36.4 Å². The van der Waals surface area contributed by atoms with E-state index in [1.54, 1.807) is 18.3 Å². The second-order valence-electron chi connectivity index (χ2n) is 6.15. The van der Waals surface area contributed by atoms with Gasteiger partial charge in [0.2, 0.25) is 0 Å². The van der Waals surface area contributed by atoms with Crippen LogP contribution >= 0.6 is 0 Å². The Hall–Kier alpha value is -2.89. The van der Waals surface area contributed by atoms with Gasteiger partial charge in [-0.15, -0.1) is 0 Å². The van der Waals surface area contributed by atoms with E-state index in [4.69, 9.17) is 0 Å². The van der Waals surface area contributed by atoms with Crippen molar-refractivity contribution in [1.29, 1.82) is 0 Å². The zero-order valence-electron chi connectivity index (χ0n) is 14.0. The summed E-state index contributed by atoms with van der Waals surface area (Å²) >= 11 is 0. The summed E-state index contributed by atoms with van der Waals surface area (Å²) in [7, 11) is 0. The summed E-state index contributed by atoms with van der Waals surface area (Å²) in [5, 5.41) is 5.33. The lowest BCUT2D eigenvalue weighted by molar-refractivity contribution is -0.136. The minimum atomic E-state index is -0.628. The van der Waals surface area contributed by atoms with Crippen LogP contribution < -0.4 is 15.5 Å². The number of amides is 2. The number of hydrogen-bond acceptors (Lipinski definition) is 4. The number of carbonyl (C=O) groups excluding carboxylic acids is 2. The number of para-hydroxylation sites is 1. The summed E-state index contributed by atoms with van der Waals surface area (Å²) < 4.78 is 0. The van der Waals surface area contributed by atoms with E-state index in [2.05, 4.69) is 20.5 Å². The minimum absolute atomic E-state index is 0.383. The first-order valence-electron chi connectivity index (χ1n) is 8.52. The van der Waals surface area contributed by atoms with Gasteiger partial charge in [0.25, 0.3) is 0 Å². The Morgan fingerprint density at radius 2 is 1.72 bits per heavy atom. The molecule has 1 aliphatic rings. The molecule has 0 bridgehead atoms. The Balaban J connectivity index is 1.40. The highest BCUT2D eigenvalue weighted by atomic mass is 16.2. The fourth-order valence-electron chi connectivity index (χ4n) is 2.93. The molecule has 2 heterocycles. The number of rotatable bonds is 4. The normalized spacial score (nSPS) is 14.8. The van der Waals surface area contributed by atoms with Crippen LogP contribution in [0.15, 0.2) is 54.7 Å². The lowest BCUT2D eigenvalue weighted by atomic mass is 9.97. The summed E-state index contributed by atoms with van der Waals surface area (Å²) in [4.78, 5) is 30.4. The maximum atomic E-state index is 11.9. The molecule has 1 saturated heterocycles. The number of nitrogens with one attached hydrogen (secondary N) is 2. The molecule has 0 unspecified atom stereocenters. The van der Waals surface area contributed by atoms with Crippen LogP contribution in [0.5, 0.6) is 0 Å². The van der Waals surface area contributed by atoms with Crippen molar-refractivity contribution in [3.63, 3.8) is 0 Å². The van der Waals surface area contributed by atoms with Gasteiger partial charge < -0.3 is 15.5 Å². The summed E-state index contributed by atoms with van der Waals surface area (Å²) in [5.74, 6) is 0.161. The van der Waals surface area contributed by atoms with Gasteiger partial charge in [0.15, 0.2) is 0 Å². The average Bonchev–Trinajstić information content (AvgIpc) is 2.68. The topological polar surface area (TPSA) is 74.3 Å². The SMILES string of the molecule is O=C(NCC1CCN(c2ccccn2)CC1)C(=O)Nc1ccccc1. The van der Waals surface area contributed by atoms with Crippen LogP contribution in [0, 0.1) is 5.92 Å². The quantitative estimate of drug-likeness (QED) is 0.837. The Labute approximate surface area is 147 Å². The zero-order chi connectivity index (χ0) is 17.5. The van der Waals surface area contributed by atoms with Gasteiger partial charge in [-0.2, -0.15) is 0 Å². The van der Waals surface area contributed by atoms with Crippen molar-refractivity contribution in [2.45, 2.75) is 12.8 Å². The number of anilines is 2. The molecular weight excluding hydrogens is 316 g/mol. The molecule has 25 heavy (non-hydrogen) atoms. The molecule has 1 aromatic heterocycles. The van der Waals surface area contributed by atoms with Crippen LogP contribution in [0.25, 0.3) is 0 Å². The van der Waals surface area contributed by atoms with Crippen molar-refractivity contribution in [3.05, 3.63) is 54.7 Å². The lowest BCUT2D eigenvalue weighted by Crippen LogP contribution is -2.42. The highest BCUT2D eigenvalue weighted by molar-refractivity contribution is 6.39. The Bertz CT molecular complexity index is 698. The molecule has 0 aliphatic carbocycles. The number of benzene rings is 1. The fourth-order valence-corrected chi connectivity index (χ4v) is 2.93. The fraction of sp³-hybridized carbons (Fsp3) is 0.316. The summed E-state index contributed by atoms with van der Waals surface area (Å²) in [6.45, 7) is 2.35. The molecule has 0 spiro atoms. The van der Waals surface area contributed by atoms with E-state index in [0.29, 0.717) is 18.2 Å². The summed E-state index contributed by atoms with van der Waals surface area (Å²) in [6, 6.07) is 14.9. The van der Waals surface area contributed by atoms with Gasteiger partial charge >= 0.3 is 11.8 Å². The van der Waals surface area contributed by atoms with Crippen LogP contribution in [0.2, 0.25) is 0 Å². The van der Waals surface area contributed by atoms with Gasteiger partial charge in [0.05, 0.1) is 0 Å². The number of nitrogens with zero attached hydrogens (tertiary/aromatic N) is 2. The van der Waals surface area contributed by atoms with Gasteiger partial charge in [-0.1, -0.05) is 24.3 Å². The predicted molar refractivity (Wildman–Crippen MR) is 97.3 cm³/mol. The molecule has 0 atom stereocenters. The Morgan fingerprint density at radius 3 is 2.40 bits per heavy atom. The van der Waals surface area contributed by atoms with Gasteiger partial charge in [0.1, 0.15) is 5.82 Å². The molecular formula is C19H22N4O2. The Kier molecular flexibility index (Phi) is 5.61. The molecule has 130 valence electrons. The van der Waals surface area contributed by atoms with Gasteiger partial charge in [-0.3, -0.25) is 9.59 Å². The maximum Gasteiger partial charge on any atom is 0.313 e. The Morgan fingerprint density at radius 1 is 1.00 bits per heavy atom. The summed E-state index contributed by atoms with van der Waals surface area (Å²) in [6.07, 6.45) is 3.74. The molecule has 6 heteroatoms. The standard InChI is InChI=1S/C19H22N4O2/c24-18(19(25)22-16-6-2-1-3-7-16)21-14-15-9-12-23(13-10-15)17-8-4-5-11-20-17/h1-8,11,15H,9-10,12-14H2,(H,21,24)(H,22,25).